The summed E-state index contributed by atoms with van der Waals surface area (Å²) in [6.07, 6.45) is 0. The minimum absolute atomic E-state index is 0.333. The van der Waals surface area contributed by atoms with Crippen LogP contribution < -0.4 is 0 Å². The van der Waals surface area contributed by atoms with Crippen molar-refractivity contribution in [3.8, 4) is 11.1 Å². The number of hydrogen-bond donors (Lipinski definition) is 0. The molecule has 0 aliphatic carbocycles. The van der Waals surface area contributed by atoms with Crippen LogP contribution in [-0.4, -0.2) is 13.1 Å². The number of ether oxygens (including phenoxy) is 2. The second-order valence-electron chi connectivity index (χ2n) is 6.67. The molecule has 0 unspecified atom stereocenters. The third-order valence-electron chi connectivity index (χ3n) is 4.54. The first-order chi connectivity index (χ1) is 13.1. The fourth-order valence-electron chi connectivity index (χ4n) is 3.16. The molecule has 0 aromatic heterocycles. The van der Waals surface area contributed by atoms with Crippen LogP contribution in [0, 0.1) is 13.8 Å². The average Bonchev–Trinajstić information content (AvgIpc) is 2.68. The first-order valence-corrected chi connectivity index (χ1v) is 8.99. The Balaban J connectivity index is 1.84. The zero-order chi connectivity index (χ0) is 19.2. The SMILES string of the molecule is COC(=O)c1ccc(COCc2cccc(C)c2)cc1-c1ccccc1C. The molecule has 3 aromatic rings. The predicted molar refractivity (Wildman–Crippen MR) is 108 cm³/mol. The highest BCUT2D eigenvalue weighted by atomic mass is 16.5. The number of carbonyl (C=O) groups excluding carboxylic acids is 1. The maximum absolute atomic E-state index is 12.2. The summed E-state index contributed by atoms with van der Waals surface area (Å²) < 4.78 is 10.9. The Morgan fingerprint density at radius 3 is 2.26 bits per heavy atom. The molecule has 27 heavy (non-hydrogen) atoms. The molecule has 0 heterocycles. The normalized spacial score (nSPS) is 10.6. The van der Waals surface area contributed by atoms with Gasteiger partial charge in [-0.1, -0.05) is 60.2 Å². The van der Waals surface area contributed by atoms with Gasteiger partial charge < -0.3 is 9.47 Å². The van der Waals surface area contributed by atoms with Crippen LogP contribution in [0.1, 0.15) is 32.6 Å². The van der Waals surface area contributed by atoms with Gasteiger partial charge >= 0.3 is 5.97 Å². The van der Waals surface area contributed by atoms with Crippen LogP contribution in [0.5, 0.6) is 0 Å². The van der Waals surface area contributed by atoms with E-state index in [1.54, 1.807) is 0 Å². The van der Waals surface area contributed by atoms with Crippen molar-refractivity contribution < 1.29 is 14.3 Å². The topological polar surface area (TPSA) is 35.5 Å². The molecule has 0 aliphatic rings. The van der Waals surface area contributed by atoms with Crippen molar-refractivity contribution in [1.29, 1.82) is 0 Å². The van der Waals surface area contributed by atoms with Crippen molar-refractivity contribution in [2.24, 2.45) is 0 Å². The quantitative estimate of drug-likeness (QED) is 0.547. The van der Waals surface area contributed by atoms with Gasteiger partial charge in [0.1, 0.15) is 0 Å². The molecule has 0 N–H and O–H groups in total. The van der Waals surface area contributed by atoms with Crippen LogP contribution in [0.4, 0.5) is 0 Å². The molecule has 3 aromatic carbocycles. The highest BCUT2D eigenvalue weighted by Gasteiger charge is 2.15. The average molecular weight is 360 g/mol. The Hall–Kier alpha value is -2.91. The summed E-state index contributed by atoms with van der Waals surface area (Å²) in [5.41, 5.74) is 6.97. The molecule has 0 saturated heterocycles. The van der Waals surface area contributed by atoms with Crippen LogP contribution in [0.3, 0.4) is 0 Å². The third kappa shape index (κ3) is 4.63. The lowest BCUT2D eigenvalue weighted by molar-refractivity contribution is 0.0601. The number of hydrogen-bond acceptors (Lipinski definition) is 3. The summed E-state index contributed by atoms with van der Waals surface area (Å²) in [6, 6.07) is 22.1. The van der Waals surface area contributed by atoms with E-state index in [0.29, 0.717) is 18.8 Å². The largest absolute Gasteiger partial charge is 0.465 e. The molecule has 3 heteroatoms. The maximum atomic E-state index is 12.2. The molecule has 3 rings (SSSR count). The Kier molecular flexibility index (Phi) is 6.05. The van der Waals surface area contributed by atoms with Gasteiger partial charge in [0.05, 0.1) is 25.9 Å². The molecule has 0 radical (unpaired) electrons. The van der Waals surface area contributed by atoms with Gasteiger partial charge in [0.15, 0.2) is 0 Å². The summed E-state index contributed by atoms with van der Waals surface area (Å²) >= 11 is 0. The second-order valence-corrected chi connectivity index (χ2v) is 6.67. The molecular formula is C24H24O3. The number of rotatable bonds is 6. The summed E-state index contributed by atoms with van der Waals surface area (Å²) in [6.45, 7) is 5.15. The van der Waals surface area contributed by atoms with Crippen LogP contribution in [0.25, 0.3) is 11.1 Å². The van der Waals surface area contributed by atoms with Crippen LogP contribution >= 0.6 is 0 Å². The molecule has 0 saturated carbocycles. The van der Waals surface area contributed by atoms with Gasteiger partial charge in [-0.25, -0.2) is 4.79 Å². The van der Waals surface area contributed by atoms with Crippen molar-refractivity contribution in [3.05, 3.63) is 94.5 Å². The highest BCUT2D eigenvalue weighted by Crippen LogP contribution is 2.29. The second kappa shape index (κ2) is 8.65. The lowest BCUT2D eigenvalue weighted by atomic mass is 9.94. The van der Waals surface area contributed by atoms with E-state index in [1.807, 2.05) is 55.5 Å². The lowest BCUT2D eigenvalue weighted by Gasteiger charge is -2.13. The van der Waals surface area contributed by atoms with Gasteiger partial charge in [0.25, 0.3) is 0 Å². The maximum Gasteiger partial charge on any atom is 0.338 e. The van der Waals surface area contributed by atoms with Crippen molar-refractivity contribution in [3.63, 3.8) is 0 Å². The monoisotopic (exact) mass is 360 g/mol. The minimum atomic E-state index is -0.333. The van der Waals surface area contributed by atoms with E-state index in [1.165, 1.54) is 12.7 Å². The minimum Gasteiger partial charge on any atom is -0.465 e. The molecule has 138 valence electrons. The van der Waals surface area contributed by atoms with Crippen molar-refractivity contribution in [2.75, 3.05) is 7.11 Å². The van der Waals surface area contributed by atoms with Gasteiger partial charge in [0, 0.05) is 0 Å². The standard InChI is InChI=1S/C24H24O3/c1-17-7-6-9-19(13-17)15-27-16-20-11-12-22(24(25)26-3)23(14-20)21-10-5-4-8-18(21)2/h4-14H,15-16H2,1-3H3. The van der Waals surface area contributed by atoms with Gasteiger partial charge in [-0.2, -0.15) is 0 Å². The number of carbonyl (C=O) groups is 1. The fraction of sp³-hybridized carbons (Fsp3) is 0.208. The van der Waals surface area contributed by atoms with Crippen molar-refractivity contribution >= 4 is 5.97 Å². The fourth-order valence-corrected chi connectivity index (χ4v) is 3.16. The zero-order valence-electron chi connectivity index (χ0n) is 16.0. The summed E-state index contributed by atoms with van der Waals surface area (Å²) in [7, 11) is 1.41. The number of aryl methyl sites for hydroxylation is 2. The van der Waals surface area contributed by atoms with Crippen LogP contribution in [-0.2, 0) is 22.7 Å². The summed E-state index contributed by atoms with van der Waals surface area (Å²) in [4.78, 5) is 12.2. The van der Waals surface area contributed by atoms with E-state index in [4.69, 9.17) is 9.47 Å². The highest BCUT2D eigenvalue weighted by molar-refractivity contribution is 5.97. The van der Waals surface area contributed by atoms with Gasteiger partial charge in [-0.05, 0) is 53.8 Å². The van der Waals surface area contributed by atoms with Gasteiger partial charge in [-0.3, -0.25) is 0 Å². The van der Waals surface area contributed by atoms with Gasteiger partial charge in [0.2, 0.25) is 0 Å². The molecule has 0 spiro atoms. The Morgan fingerprint density at radius 2 is 1.56 bits per heavy atom. The third-order valence-corrected chi connectivity index (χ3v) is 4.54. The Morgan fingerprint density at radius 1 is 0.815 bits per heavy atom. The smallest absolute Gasteiger partial charge is 0.338 e. The number of benzene rings is 3. The summed E-state index contributed by atoms with van der Waals surface area (Å²) in [5, 5.41) is 0. The molecule has 0 amide bonds. The summed E-state index contributed by atoms with van der Waals surface area (Å²) in [5.74, 6) is -0.333. The first kappa shape index (κ1) is 18.9. The number of methoxy groups -OCH3 is 1. The van der Waals surface area contributed by atoms with Crippen molar-refractivity contribution in [2.45, 2.75) is 27.1 Å². The van der Waals surface area contributed by atoms with Crippen molar-refractivity contribution in [1.82, 2.24) is 0 Å². The molecule has 0 atom stereocenters. The zero-order valence-corrected chi connectivity index (χ0v) is 16.0. The van der Waals surface area contributed by atoms with Gasteiger partial charge in [-0.15, -0.1) is 0 Å². The molecule has 0 bridgehead atoms. The predicted octanol–water partition coefficient (Wildman–Crippen LogP) is 5.47. The molecular weight excluding hydrogens is 336 g/mol. The molecule has 3 nitrogen and oxygen atoms in total. The van der Waals surface area contributed by atoms with E-state index in [0.717, 1.165) is 27.8 Å². The van der Waals surface area contributed by atoms with E-state index >= 15 is 0 Å². The van der Waals surface area contributed by atoms with Crippen LogP contribution in [0.15, 0.2) is 66.7 Å². The Labute approximate surface area is 160 Å². The first-order valence-electron chi connectivity index (χ1n) is 8.99. The molecule has 0 fully saturated rings. The Bertz CT molecular complexity index is 944. The lowest BCUT2D eigenvalue weighted by Crippen LogP contribution is -2.05. The van der Waals surface area contributed by atoms with E-state index in [2.05, 4.69) is 25.1 Å². The van der Waals surface area contributed by atoms with E-state index < -0.39 is 0 Å². The van der Waals surface area contributed by atoms with E-state index in [-0.39, 0.29) is 5.97 Å². The molecule has 0 aliphatic heterocycles. The van der Waals surface area contributed by atoms with Crippen LogP contribution in [0.2, 0.25) is 0 Å². The van der Waals surface area contributed by atoms with E-state index in [9.17, 15) is 4.79 Å². The number of esters is 1.